The average molecular weight is 253 g/mol. The molecule has 0 atom stereocenters. The molecule has 6 nitrogen and oxygen atoms in total. The minimum Gasteiger partial charge on any atom is -0.368 e. The van der Waals surface area contributed by atoms with Gasteiger partial charge in [-0.2, -0.15) is 8.42 Å². The molecule has 90 valence electrons. The van der Waals surface area contributed by atoms with Gasteiger partial charge >= 0.3 is 0 Å². The number of para-hydroxylation sites is 1. The number of hydrogen-bond acceptors (Lipinski definition) is 5. The third-order valence-corrected chi connectivity index (χ3v) is 2.92. The third-order valence-electron chi connectivity index (χ3n) is 2.20. The maximum atomic E-state index is 10.6. The lowest BCUT2D eigenvalue weighted by atomic mass is 10.2. The van der Waals surface area contributed by atoms with Gasteiger partial charge in [0.2, 0.25) is 0 Å². The Morgan fingerprint density at radius 1 is 1.24 bits per heavy atom. The van der Waals surface area contributed by atoms with Crippen LogP contribution in [0.15, 0.2) is 30.6 Å². The fraction of sp³-hybridized carbons (Fsp3) is 0.200. The van der Waals surface area contributed by atoms with Crippen LogP contribution in [0.1, 0.15) is 0 Å². The quantitative estimate of drug-likeness (QED) is 0.787. The van der Waals surface area contributed by atoms with Crippen LogP contribution in [0.2, 0.25) is 0 Å². The van der Waals surface area contributed by atoms with Crippen molar-refractivity contribution in [3.8, 4) is 0 Å². The van der Waals surface area contributed by atoms with Crippen LogP contribution in [0, 0.1) is 0 Å². The van der Waals surface area contributed by atoms with Gasteiger partial charge in [-0.05, 0) is 12.1 Å². The molecule has 1 aromatic carbocycles. The van der Waals surface area contributed by atoms with Crippen LogP contribution in [-0.2, 0) is 10.1 Å². The van der Waals surface area contributed by atoms with Gasteiger partial charge in [0.1, 0.15) is 12.1 Å². The van der Waals surface area contributed by atoms with Gasteiger partial charge in [0.15, 0.2) is 0 Å². The number of fused-ring (bicyclic) bond motifs is 1. The molecule has 0 radical (unpaired) electrons. The topological polar surface area (TPSA) is 92.2 Å². The Kier molecular flexibility index (Phi) is 3.21. The zero-order valence-corrected chi connectivity index (χ0v) is 9.68. The van der Waals surface area contributed by atoms with E-state index in [2.05, 4.69) is 15.3 Å². The summed E-state index contributed by atoms with van der Waals surface area (Å²) in [5, 5.41) is 3.66. The van der Waals surface area contributed by atoms with Gasteiger partial charge in [0.25, 0.3) is 10.1 Å². The fourth-order valence-electron chi connectivity index (χ4n) is 1.44. The lowest BCUT2D eigenvalue weighted by Crippen LogP contribution is -2.15. The lowest BCUT2D eigenvalue weighted by Gasteiger charge is -2.06. The first-order valence-corrected chi connectivity index (χ1v) is 6.56. The molecule has 0 aliphatic rings. The highest BCUT2D eigenvalue weighted by Gasteiger charge is 2.06. The summed E-state index contributed by atoms with van der Waals surface area (Å²) in [6, 6.07) is 7.38. The predicted molar refractivity (Wildman–Crippen MR) is 64.4 cm³/mol. The maximum Gasteiger partial charge on any atom is 0.266 e. The summed E-state index contributed by atoms with van der Waals surface area (Å²) in [5.41, 5.74) is 0.775. The molecule has 0 fully saturated rings. The van der Waals surface area contributed by atoms with Crippen molar-refractivity contribution in [1.82, 2.24) is 9.97 Å². The van der Waals surface area contributed by atoms with E-state index in [9.17, 15) is 8.42 Å². The number of benzene rings is 1. The molecule has 0 saturated carbocycles. The van der Waals surface area contributed by atoms with Gasteiger partial charge in [-0.3, -0.25) is 4.55 Å². The van der Waals surface area contributed by atoms with Crippen LogP contribution < -0.4 is 5.32 Å². The first-order chi connectivity index (χ1) is 8.06. The molecule has 0 aliphatic carbocycles. The molecule has 2 rings (SSSR count). The number of hydrogen-bond donors (Lipinski definition) is 2. The van der Waals surface area contributed by atoms with Crippen molar-refractivity contribution < 1.29 is 13.0 Å². The molecule has 2 aromatic rings. The van der Waals surface area contributed by atoms with E-state index in [1.807, 2.05) is 24.3 Å². The molecule has 0 bridgehead atoms. The van der Waals surface area contributed by atoms with E-state index in [1.54, 1.807) is 0 Å². The SMILES string of the molecule is O=S(=O)(O)CCNc1ncnc2ccccc12. The van der Waals surface area contributed by atoms with Crippen molar-refractivity contribution in [2.45, 2.75) is 0 Å². The monoisotopic (exact) mass is 253 g/mol. The molecular formula is C10H11N3O3S. The van der Waals surface area contributed by atoms with Crippen LogP contribution in [0.5, 0.6) is 0 Å². The Morgan fingerprint density at radius 2 is 2.00 bits per heavy atom. The number of anilines is 1. The molecule has 1 heterocycles. The molecule has 0 unspecified atom stereocenters. The summed E-state index contributed by atoms with van der Waals surface area (Å²) in [5.74, 6) is 0.199. The number of nitrogens with zero attached hydrogens (tertiary/aromatic N) is 2. The summed E-state index contributed by atoms with van der Waals surface area (Å²) >= 11 is 0. The first-order valence-electron chi connectivity index (χ1n) is 4.95. The minimum atomic E-state index is -3.95. The average Bonchev–Trinajstić information content (AvgIpc) is 2.28. The van der Waals surface area contributed by atoms with Gasteiger partial charge in [-0.25, -0.2) is 9.97 Å². The minimum absolute atomic E-state index is 0.0971. The zero-order valence-electron chi connectivity index (χ0n) is 8.87. The summed E-state index contributed by atoms with van der Waals surface area (Å²) in [6.07, 6.45) is 1.40. The summed E-state index contributed by atoms with van der Waals surface area (Å²) < 4.78 is 29.7. The van der Waals surface area contributed by atoms with Gasteiger partial charge in [0, 0.05) is 11.9 Å². The highest BCUT2D eigenvalue weighted by Crippen LogP contribution is 2.17. The third kappa shape index (κ3) is 3.11. The Balaban J connectivity index is 2.19. The molecule has 7 heteroatoms. The van der Waals surface area contributed by atoms with E-state index in [0.29, 0.717) is 5.82 Å². The lowest BCUT2D eigenvalue weighted by molar-refractivity contribution is 0.484. The Bertz CT molecular complexity index is 622. The molecule has 0 saturated heterocycles. The van der Waals surface area contributed by atoms with Crippen LogP contribution in [0.3, 0.4) is 0 Å². The van der Waals surface area contributed by atoms with E-state index < -0.39 is 10.1 Å². The second kappa shape index (κ2) is 4.64. The van der Waals surface area contributed by atoms with Crippen LogP contribution in [0.4, 0.5) is 5.82 Å². The highest BCUT2D eigenvalue weighted by molar-refractivity contribution is 7.85. The molecule has 0 amide bonds. The summed E-state index contributed by atoms with van der Waals surface area (Å²) in [7, 11) is -3.95. The van der Waals surface area contributed by atoms with E-state index in [0.717, 1.165) is 10.9 Å². The van der Waals surface area contributed by atoms with E-state index in [-0.39, 0.29) is 12.3 Å². The largest absolute Gasteiger partial charge is 0.368 e. The normalized spacial score (nSPS) is 11.6. The number of rotatable bonds is 4. The van der Waals surface area contributed by atoms with Gasteiger partial charge in [-0.15, -0.1) is 0 Å². The predicted octanol–water partition coefficient (Wildman–Crippen LogP) is 0.929. The first kappa shape index (κ1) is 11.7. The van der Waals surface area contributed by atoms with Crippen molar-refractivity contribution in [1.29, 1.82) is 0 Å². The molecule has 0 aliphatic heterocycles. The van der Waals surface area contributed by atoms with Crippen molar-refractivity contribution in [2.24, 2.45) is 0 Å². The molecule has 17 heavy (non-hydrogen) atoms. The second-order valence-corrected chi connectivity index (χ2v) is 5.02. The van der Waals surface area contributed by atoms with Crippen LogP contribution in [0.25, 0.3) is 10.9 Å². The summed E-state index contributed by atoms with van der Waals surface area (Å²) in [6.45, 7) is 0.0971. The summed E-state index contributed by atoms with van der Waals surface area (Å²) in [4.78, 5) is 8.11. The Morgan fingerprint density at radius 3 is 2.76 bits per heavy atom. The number of nitrogens with one attached hydrogen (secondary N) is 1. The van der Waals surface area contributed by atoms with Gasteiger partial charge in [-0.1, -0.05) is 12.1 Å². The van der Waals surface area contributed by atoms with E-state index >= 15 is 0 Å². The van der Waals surface area contributed by atoms with Crippen molar-refractivity contribution in [3.05, 3.63) is 30.6 Å². The van der Waals surface area contributed by atoms with Crippen LogP contribution in [-0.4, -0.2) is 35.2 Å². The van der Waals surface area contributed by atoms with Gasteiger partial charge in [0.05, 0.1) is 11.3 Å². The molecular weight excluding hydrogens is 242 g/mol. The number of aromatic nitrogens is 2. The van der Waals surface area contributed by atoms with Crippen LogP contribution >= 0.6 is 0 Å². The van der Waals surface area contributed by atoms with Gasteiger partial charge < -0.3 is 5.32 Å². The molecule has 2 N–H and O–H groups in total. The Hall–Kier alpha value is -1.73. The maximum absolute atomic E-state index is 10.6. The molecule has 1 aromatic heterocycles. The van der Waals surface area contributed by atoms with Crippen molar-refractivity contribution in [3.63, 3.8) is 0 Å². The van der Waals surface area contributed by atoms with E-state index in [4.69, 9.17) is 4.55 Å². The zero-order chi connectivity index (χ0) is 12.3. The standard InChI is InChI=1S/C10H11N3O3S/c14-17(15,16)6-5-11-10-8-3-1-2-4-9(8)12-7-13-10/h1-4,7H,5-6H2,(H,11,12,13)(H,14,15,16). The van der Waals surface area contributed by atoms with Crippen molar-refractivity contribution in [2.75, 3.05) is 17.6 Å². The highest BCUT2D eigenvalue weighted by atomic mass is 32.2. The Labute approximate surface area is 98.5 Å². The van der Waals surface area contributed by atoms with Crippen molar-refractivity contribution >= 4 is 26.8 Å². The second-order valence-electron chi connectivity index (χ2n) is 3.45. The van der Waals surface area contributed by atoms with E-state index in [1.165, 1.54) is 6.33 Å². The smallest absolute Gasteiger partial charge is 0.266 e. The molecule has 0 spiro atoms. The fourth-order valence-corrected chi connectivity index (χ4v) is 1.80.